The van der Waals surface area contributed by atoms with Gasteiger partial charge in [0.25, 0.3) is 11.9 Å². The number of amides is 1. The van der Waals surface area contributed by atoms with Crippen LogP contribution in [0.1, 0.15) is 271 Å². The number of carbonyl (C=O) groups excluding carboxylic acids is 4. The fourth-order valence-corrected chi connectivity index (χ4v) is 15.6. The number of aliphatic carboxylic acids is 2. The summed E-state index contributed by atoms with van der Waals surface area (Å²) in [4.78, 5) is 69.7. The molecular weight excluding hydrogens is 1810 g/mol. The minimum Gasteiger partial charge on any atom is -0.481 e. The Morgan fingerprint density at radius 1 is 0.492 bits per heavy atom. The number of allylic oxidation sites excluding steroid dienone is 6. The van der Waals surface area contributed by atoms with Crippen LogP contribution in [0.2, 0.25) is 20.1 Å². The van der Waals surface area contributed by atoms with E-state index in [0.29, 0.717) is 32.5 Å². The van der Waals surface area contributed by atoms with Gasteiger partial charge in [0.05, 0.1) is 0 Å². The van der Waals surface area contributed by atoms with Crippen molar-refractivity contribution in [2.45, 2.75) is 258 Å². The third-order valence-electron chi connectivity index (χ3n) is 21.1. The molecular formula is C93H145BCl5FIN4O12Pd-. The summed E-state index contributed by atoms with van der Waals surface area (Å²) in [6.45, 7) is 41.1. The summed E-state index contributed by atoms with van der Waals surface area (Å²) in [7, 11) is -1.41. The summed E-state index contributed by atoms with van der Waals surface area (Å²) in [5.41, 5.74) is 14.6. The van der Waals surface area contributed by atoms with Crippen molar-refractivity contribution in [3.05, 3.63) is 169 Å². The number of nitrogens with one attached hydrogen (secondary N) is 1. The second kappa shape index (κ2) is 58.0. The number of piperidine rings is 2. The van der Waals surface area contributed by atoms with E-state index >= 15 is 0 Å². The van der Waals surface area contributed by atoms with Gasteiger partial charge in [0.2, 0.25) is 0 Å². The number of likely N-dealkylation sites (tertiary alicyclic amines) is 1. The molecule has 672 valence electrons. The van der Waals surface area contributed by atoms with Crippen LogP contribution in [0.4, 0.5) is 9.50 Å². The zero-order chi connectivity index (χ0) is 83.6. The SMILES string of the molecule is C.C1CCNCC1.CC(=O)O.CC(=O)O.CC1(C)CCC(C=O)=C(Cl)C1.CC1(C)CCC(C=O)=C(c2ccc(Cl)cc2)C1.CC1(C)CCC(CN2CCCCC2)=C(c2ccc(Cl)cc2)C1.CC1(C)CCC(CN2CCN(C(=O)OC(C)(C)C)CC2)=C(c2ccc(Cl)cc2)C1.CC1(C)CCCC(=O)C1.F.I.O.OB(O)c1ccc(Cl)cc1.[CH3-].[HH].[Pd]. The standard InChI is InChI=1S/C24H35ClN2O2.C20H28ClN.C15H17ClO.C9H13ClO.C8H14O.C6H6BClO2.C5H11N.2C2H4O2.CH4.CH3.FH.HI.H2O.Pd.H2/c1-23(2,3)29-22(28)27-14-12-26(13-15-27)17-19-10-11-24(4,5)16-21(19)18-6-8-20(25)9-7-18;1-20(2)11-10-17(15-22-12-4-3-5-13-22)19(14-20)16-6-8-18(21)9-7-16;1-15(2)8-7-12(10-17)14(9-15)11-3-5-13(16)6-4-11;1-9(2)4-3-7(6-11)8(10)5-9;1-8(2)5-3-4-7(9)6-8;8-6-3-1-5(2-4-6)7(9)10;1-2-4-6-5-3-1;2*1-2(3)4;;;;;;;/h6-9H,10-17H2,1-5H3;6-9H,3-5,10-15H2,1-2H3;3-6,10H,7-9H2,1-2H3;6H,3-5H2,1-2H3;3-6H2,1-2H3;1-4,9-10H;6H,1-5H2;2*1H3,(H,3,4);1H4;1H3;2*1H;1H2;;1H/q;;;;;;;;;;-1;;;;;. The maximum absolute atomic E-state index is 12.3. The average molecular weight is 1950 g/mol. The Hall–Kier alpha value is -4.34. The van der Waals surface area contributed by atoms with Gasteiger partial charge in [0.15, 0.2) is 0 Å². The summed E-state index contributed by atoms with van der Waals surface area (Å²) < 4.78 is 5.52. The Morgan fingerprint density at radius 3 is 1.14 bits per heavy atom. The molecule has 1 amide bonds. The molecule has 4 aromatic rings. The van der Waals surface area contributed by atoms with Gasteiger partial charge >= 0.3 is 13.2 Å². The van der Waals surface area contributed by atoms with Gasteiger partial charge in [-0.25, -0.2) is 4.79 Å². The number of ketones is 1. The predicted octanol–water partition coefficient (Wildman–Crippen LogP) is 23.4. The van der Waals surface area contributed by atoms with E-state index in [1.54, 1.807) is 35.4 Å². The number of benzene rings is 4. The Balaban J connectivity index is -0.000000661. The van der Waals surface area contributed by atoms with Gasteiger partial charge in [-0.05, 0) is 283 Å². The van der Waals surface area contributed by atoms with E-state index in [1.165, 1.54) is 131 Å². The number of carbonyl (C=O) groups is 6. The molecule has 16 nitrogen and oxygen atoms in total. The van der Waals surface area contributed by atoms with Crippen LogP contribution in [-0.4, -0.2) is 155 Å². The van der Waals surface area contributed by atoms with Crippen molar-refractivity contribution in [3.63, 3.8) is 0 Å². The number of carboxylic acid groups (broad SMARTS) is 2. The third-order valence-corrected chi connectivity index (χ3v) is 22.4. The molecule has 0 bridgehead atoms. The van der Waals surface area contributed by atoms with Crippen LogP contribution < -0.4 is 10.8 Å². The van der Waals surface area contributed by atoms with Crippen molar-refractivity contribution < 1.29 is 85.8 Å². The van der Waals surface area contributed by atoms with E-state index in [9.17, 15) is 19.2 Å². The molecule has 3 heterocycles. The maximum Gasteiger partial charge on any atom is 0.488 e. The fraction of sp³-hybridized carbons (Fsp3) is 0.581. The van der Waals surface area contributed by atoms with Gasteiger partial charge in [-0.2, -0.15) is 0 Å². The van der Waals surface area contributed by atoms with E-state index in [0.717, 1.165) is 167 Å². The number of halogens is 7. The fourth-order valence-electron chi connectivity index (χ4n) is 14.6. The smallest absolute Gasteiger partial charge is 0.481 e. The second-order valence-electron chi connectivity index (χ2n) is 35.8. The van der Waals surface area contributed by atoms with Crippen molar-refractivity contribution in [2.75, 3.05) is 65.4 Å². The Kier molecular flexibility index (Phi) is 57.9. The van der Waals surface area contributed by atoms with Gasteiger partial charge in [0, 0.05) is 119 Å². The van der Waals surface area contributed by atoms with Crippen LogP contribution >= 0.6 is 82.0 Å². The Morgan fingerprint density at radius 2 is 0.822 bits per heavy atom. The second-order valence-corrected chi connectivity index (χ2v) is 38.0. The summed E-state index contributed by atoms with van der Waals surface area (Å²) in [6, 6.07) is 30.9. The first kappa shape index (κ1) is 118. The predicted molar refractivity (Wildman–Crippen MR) is 504 cm³/mol. The van der Waals surface area contributed by atoms with E-state index in [2.05, 4.69) is 109 Å². The summed E-state index contributed by atoms with van der Waals surface area (Å²) in [6.07, 6.45) is 26.9. The zero-order valence-corrected chi connectivity index (χ0v) is 80.3. The summed E-state index contributed by atoms with van der Waals surface area (Å²) in [5, 5.41) is 39.1. The van der Waals surface area contributed by atoms with Gasteiger partial charge in [-0.3, -0.25) is 38.5 Å². The molecule has 3 aliphatic heterocycles. The Labute approximate surface area is 766 Å². The van der Waals surface area contributed by atoms with Crippen molar-refractivity contribution >= 4 is 148 Å². The normalized spacial score (nSPS) is 18.8. The van der Waals surface area contributed by atoms with Gasteiger partial charge in [0.1, 0.15) is 24.0 Å². The van der Waals surface area contributed by atoms with Crippen LogP contribution in [0.5, 0.6) is 0 Å². The molecule has 4 fully saturated rings. The molecule has 0 atom stereocenters. The number of aldehydes is 2. The molecule has 0 radical (unpaired) electrons. The molecule has 3 saturated heterocycles. The summed E-state index contributed by atoms with van der Waals surface area (Å²) >= 11 is 29.5. The molecule has 0 unspecified atom stereocenters. The number of nitrogens with zero attached hydrogens (tertiary/aromatic N) is 3. The van der Waals surface area contributed by atoms with Crippen LogP contribution in [-0.2, 0) is 49.1 Å². The summed E-state index contributed by atoms with van der Waals surface area (Å²) in [5.74, 6) is -1.22. The number of piperazine rings is 1. The van der Waals surface area contributed by atoms with E-state index < -0.39 is 24.7 Å². The van der Waals surface area contributed by atoms with Crippen molar-refractivity contribution in [2.24, 2.45) is 27.1 Å². The van der Waals surface area contributed by atoms with Crippen LogP contribution in [0.15, 0.2) is 124 Å². The molecule has 118 heavy (non-hydrogen) atoms. The van der Waals surface area contributed by atoms with Crippen LogP contribution in [0.25, 0.3) is 16.7 Å². The Bertz CT molecular complexity index is 3730. The number of ether oxygens (including phenoxy) is 1. The first-order chi connectivity index (χ1) is 52.4. The number of hydrogen-bond donors (Lipinski definition) is 5. The molecule has 0 aromatic heterocycles. The first-order valence-electron chi connectivity index (χ1n) is 40.2. The first-order valence-corrected chi connectivity index (χ1v) is 42.1. The van der Waals surface area contributed by atoms with Crippen LogP contribution in [0, 0.1) is 34.5 Å². The molecule has 1 saturated carbocycles. The van der Waals surface area contributed by atoms with Gasteiger partial charge in [-0.1, -0.05) is 207 Å². The topological polar surface area (TPSA) is 246 Å². The molecule has 0 spiro atoms. The van der Waals surface area contributed by atoms with Crippen molar-refractivity contribution in [3.8, 4) is 0 Å². The molecule has 4 aromatic carbocycles. The molecule has 8 aliphatic rings. The largest absolute Gasteiger partial charge is 0.488 e. The van der Waals surface area contributed by atoms with Crippen LogP contribution in [0.3, 0.4) is 0 Å². The van der Waals surface area contributed by atoms with Crippen molar-refractivity contribution in [1.82, 2.24) is 20.0 Å². The van der Waals surface area contributed by atoms with E-state index in [-0.39, 0.29) is 87.8 Å². The molecule has 5 aliphatic carbocycles. The van der Waals surface area contributed by atoms with E-state index in [4.69, 9.17) is 92.6 Å². The van der Waals surface area contributed by atoms with Crippen molar-refractivity contribution in [1.29, 1.82) is 0 Å². The minimum absolute atomic E-state index is 0. The monoisotopic (exact) mass is 1950 g/mol. The molecule has 12 rings (SSSR count). The number of rotatable bonds is 10. The molecule has 25 heteroatoms. The quantitative estimate of drug-likeness (QED) is 0.0429. The van der Waals surface area contributed by atoms with E-state index in [1.807, 2.05) is 74.2 Å². The number of carboxylic acids is 2. The number of hydrogen-bond acceptors (Lipinski definition) is 12. The average Bonchev–Trinajstić information content (AvgIpc) is 0.817. The molecule has 7 N–H and O–H groups in total. The number of Topliss-reactive ketones (excluding diaryl/α,β-unsaturated/α-hetero) is 1. The minimum atomic E-state index is -1.41. The third kappa shape index (κ3) is 48.1. The van der Waals surface area contributed by atoms with Gasteiger partial charge in [-0.15, -0.1) is 24.0 Å². The maximum atomic E-state index is 12.3. The zero-order valence-electron chi connectivity index (χ0n) is 72.6. The van der Waals surface area contributed by atoms with Gasteiger partial charge < -0.3 is 48.1 Å².